The molecule has 650 valence electrons. The molecular weight excluding hydrogens is 1710 g/mol. The quantitative estimate of drug-likeness (QED) is 0.135. The summed E-state index contributed by atoms with van der Waals surface area (Å²) in [7, 11) is -3.54. The lowest BCUT2D eigenvalue weighted by Gasteiger charge is -2.23. The maximum absolute atomic E-state index is 2.54. The molecule has 4 nitrogen and oxygen atoms in total. The van der Waals surface area contributed by atoms with Gasteiger partial charge in [-0.25, -0.2) is 0 Å². The summed E-state index contributed by atoms with van der Waals surface area (Å²) >= 11 is 1.89. The van der Waals surface area contributed by atoms with Gasteiger partial charge in [0.25, 0.3) is 0 Å². The highest BCUT2D eigenvalue weighted by Crippen LogP contribution is 2.55. The van der Waals surface area contributed by atoms with E-state index in [1.165, 1.54) is 241 Å². The summed E-state index contributed by atoms with van der Waals surface area (Å²) in [6.45, 7) is 19.5. The predicted octanol–water partition coefficient (Wildman–Crippen LogP) is 32.7. The monoisotopic (exact) mass is 1800 g/mol. The van der Waals surface area contributed by atoms with E-state index in [4.69, 9.17) is 0 Å². The van der Waals surface area contributed by atoms with E-state index in [1.54, 1.807) is 20.7 Å². The first kappa shape index (κ1) is 80.9. The van der Waals surface area contributed by atoms with Crippen LogP contribution in [0.2, 0.25) is 26.2 Å². The van der Waals surface area contributed by atoms with Crippen LogP contribution in [-0.2, 0) is 10.8 Å². The Kier molecular flexibility index (Phi) is 17.9. The molecule has 2 aliphatic carbocycles. The molecule has 0 atom stereocenters. The number of para-hydroxylation sites is 3. The van der Waals surface area contributed by atoms with Crippen LogP contribution in [0.5, 0.6) is 0 Å². The zero-order valence-corrected chi connectivity index (χ0v) is 80.6. The van der Waals surface area contributed by atoms with Crippen LogP contribution < -0.4 is 20.7 Å². The predicted molar refractivity (Wildman–Crippen MR) is 591 cm³/mol. The molecular formula is C130H96N4SSi2. The van der Waals surface area contributed by atoms with E-state index in [1.807, 2.05) is 11.3 Å². The highest BCUT2D eigenvalue weighted by Gasteiger charge is 2.43. The molecule has 25 aromatic rings. The molecule has 0 bridgehead atoms. The molecule has 4 aliphatic rings. The first-order valence-corrected chi connectivity index (χ1v) is 55.0. The van der Waals surface area contributed by atoms with Gasteiger partial charge in [0.15, 0.2) is 0 Å². The Hall–Kier alpha value is -15.7. The van der Waals surface area contributed by atoms with Crippen LogP contribution in [0.15, 0.2) is 437 Å². The van der Waals surface area contributed by atoms with Gasteiger partial charge < -0.3 is 18.3 Å². The van der Waals surface area contributed by atoms with Gasteiger partial charge >= 0.3 is 0 Å². The van der Waals surface area contributed by atoms with Crippen LogP contribution >= 0.6 is 11.3 Å². The standard InChI is InChI=1S/C45H31NS.C44H32N2Si.C41H33NSi/c1-45(2)39-17-8-6-13-33(39)36-25-26-37-34-24-21-30(28-11-4-3-5-12-28)27-40(34)46(43(37)42(36)45)31-22-19-29(20-23-31)32-15-10-16-38-35-14-7-9-18-41(35)47-44(32)38;1-47(2)43-19-11-8-16-35(43)38-27-42-37(28-44(38)47)34-15-7-10-18-40(34)46(42)32-24-25-41-36(26-32)33-14-6-9-17-39(33)45(41)31-22-20-30(21-23-31)29-12-4-3-5-13-29;1-41(2)35-14-8-5-11-29(35)32-23-27(19-22-36(32)41)26-17-20-28(21-18-26)42-37-15-9-6-12-30(37)33-25-40-34(24-38(33)42)31-13-7-10-16-39(31)43(40,3)4/h3-27H,1-2H3;3-28H,1-2H3;5-25H,1-4H3. The van der Waals surface area contributed by atoms with Crippen molar-refractivity contribution in [1.29, 1.82) is 0 Å². The second-order valence-corrected chi connectivity index (χ2v) is 49.8. The largest absolute Gasteiger partial charge is 0.309 e. The molecule has 137 heavy (non-hydrogen) atoms. The molecule has 0 saturated heterocycles. The molecule has 2 aliphatic heterocycles. The fourth-order valence-corrected chi connectivity index (χ4v) is 32.0. The van der Waals surface area contributed by atoms with Crippen LogP contribution in [-0.4, -0.2) is 34.4 Å². The molecule has 7 heteroatoms. The molecule has 0 unspecified atom stereocenters. The molecule has 20 aromatic carbocycles. The number of nitrogens with zero attached hydrogens (tertiary/aromatic N) is 4. The molecule has 29 rings (SSSR count). The summed E-state index contributed by atoms with van der Waals surface area (Å²) < 4.78 is 12.6. The maximum atomic E-state index is 2.54. The van der Waals surface area contributed by atoms with Gasteiger partial charge in [-0.15, -0.1) is 11.3 Å². The minimum absolute atomic E-state index is 0.0310. The summed E-state index contributed by atoms with van der Waals surface area (Å²) in [4.78, 5) is 0. The summed E-state index contributed by atoms with van der Waals surface area (Å²) in [5.41, 5.74) is 41.4. The number of rotatable bonds is 8. The van der Waals surface area contributed by atoms with Crippen molar-refractivity contribution in [2.75, 3.05) is 0 Å². The van der Waals surface area contributed by atoms with Crippen molar-refractivity contribution < 1.29 is 0 Å². The van der Waals surface area contributed by atoms with Gasteiger partial charge in [-0.1, -0.05) is 388 Å². The van der Waals surface area contributed by atoms with Gasteiger partial charge in [0.2, 0.25) is 0 Å². The molecule has 0 amide bonds. The topological polar surface area (TPSA) is 19.7 Å². The lowest BCUT2D eigenvalue weighted by molar-refractivity contribution is 0.660. The average Bonchev–Trinajstić information content (AvgIpc) is 1.54. The van der Waals surface area contributed by atoms with Crippen molar-refractivity contribution in [1.82, 2.24) is 18.3 Å². The van der Waals surface area contributed by atoms with Crippen molar-refractivity contribution >= 4 is 156 Å². The van der Waals surface area contributed by atoms with E-state index in [0.29, 0.717) is 0 Å². The number of hydrogen-bond donors (Lipinski definition) is 0. The van der Waals surface area contributed by atoms with E-state index < -0.39 is 16.1 Å². The number of fused-ring (bicyclic) bond motifs is 28. The van der Waals surface area contributed by atoms with Crippen molar-refractivity contribution in [3.63, 3.8) is 0 Å². The first-order valence-electron chi connectivity index (χ1n) is 48.2. The minimum Gasteiger partial charge on any atom is -0.309 e. The molecule has 5 aromatic heterocycles. The van der Waals surface area contributed by atoms with Crippen molar-refractivity contribution in [2.45, 2.75) is 64.7 Å². The Bertz CT molecular complexity index is 9380. The van der Waals surface area contributed by atoms with E-state index in [0.717, 1.165) is 0 Å². The fraction of sp³-hybridized carbons (Fsp3) is 0.0769. The highest BCUT2D eigenvalue weighted by molar-refractivity contribution is 7.26. The third kappa shape index (κ3) is 12.1. The molecule has 0 saturated carbocycles. The lowest BCUT2D eigenvalue weighted by atomic mass is 9.81. The Morgan fingerprint density at radius 3 is 1.17 bits per heavy atom. The Labute approximate surface area is 803 Å². The van der Waals surface area contributed by atoms with Gasteiger partial charge in [-0.3, -0.25) is 0 Å². The highest BCUT2D eigenvalue weighted by atomic mass is 32.1. The van der Waals surface area contributed by atoms with E-state index >= 15 is 0 Å². The molecule has 0 N–H and O–H groups in total. The zero-order chi connectivity index (χ0) is 91.6. The van der Waals surface area contributed by atoms with Gasteiger partial charge in [0.1, 0.15) is 16.1 Å². The van der Waals surface area contributed by atoms with Gasteiger partial charge in [0, 0.05) is 96.8 Å². The van der Waals surface area contributed by atoms with Crippen LogP contribution in [0.4, 0.5) is 0 Å². The van der Waals surface area contributed by atoms with E-state index in [2.05, 4.69) is 509 Å². The minimum atomic E-state index is -1.79. The van der Waals surface area contributed by atoms with Crippen molar-refractivity contribution in [3.8, 4) is 112 Å². The Morgan fingerprint density at radius 2 is 0.577 bits per heavy atom. The van der Waals surface area contributed by atoms with Gasteiger partial charge in [-0.2, -0.15) is 0 Å². The molecule has 7 heterocycles. The Balaban J connectivity index is 0.000000104. The molecule has 0 spiro atoms. The maximum Gasteiger partial charge on any atom is 0.113 e. The van der Waals surface area contributed by atoms with Crippen LogP contribution in [0.3, 0.4) is 0 Å². The molecule has 0 radical (unpaired) electrons. The van der Waals surface area contributed by atoms with Crippen LogP contribution in [0, 0.1) is 0 Å². The summed E-state index contributed by atoms with van der Waals surface area (Å²) in [6, 6.07) is 163. The van der Waals surface area contributed by atoms with Gasteiger partial charge in [-0.05, 0) is 235 Å². The third-order valence-corrected chi connectivity index (χ3v) is 39.6. The average molecular weight is 1800 g/mol. The fourth-order valence-electron chi connectivity index (χ4n) is 24.6. The smallest absolute Gasteiger partial charge is 0.113 e. The van der Waals surface area contributed by atoms with Crippen molar-refractivity contribution in [3.05, 3.63) is 459 Å². The SMILES string of the molecule is CC1(C)c2ccccc2-c2cc(-c3ccc(-n4c5ccccc5c5cc6c(cc54)-c4ccccc4[Si]6(C)C)cc3)ccc21.CC1(C)c2ccccc2-c2ccc3c4ccc(-c5ccccc5)cc4n(-c4ccc(-c5cccc6c5sc5ccccc56)cc4)c3c21.C[Si]1(C)c2ccccc2-c2cc3c(cc21)c1ccccc1n3-c1ccc2c(c1)c1ccccc1n2-c1ccc(-c2ccccc2)cc1. The van der Waals surface area contributed by atoms with E-state index in [9.17, 15) is 0 Å². The third-order valence-electron chi connectivity index (χ3n) is 31.3. The summed E-state index contributed by atoms with van der Waals surface area (Å²) in [6.07, 6.45) is 0. The lowest BCUT2D eigenvalue weighted by Crippen LogP contribution is -2.49. The number of hydrogen-bond acceptors (Lipinski definition) is 1. The number of benzene rings is 20. The van der Waals surface area contributed by atoms with Crippen molar-refractivity contribution in [2.24, 2.45) is 0 Å². The molecule has 0 fully saturated rings. The normalized spacial score (nSPS) is 14.1. The first-order chi connectivity index (χ1) is 67.0. The zero-order valence-electron chi connectivity index (χ0n) is 77.8. The van der Waals surface area contributed by atoms with Crippen LogP contribution in [0.1, 0.15) is 49.9 Å². The van der Waals surface area contributed by atoms with Gasteiger partial charge in [0.05, 0.1) is 44.1 Å². The number of aromatic nitrogens is 4. The van der Waals surface area contributed by atoms with E-state index in [-0.39, 0.29) is 10.8 Å². The second-order valence-electron chi connectivity index (χ2n) is 40.1. The summed E-state index contributed by atoms with van der Waals surface area (Å²) in [5.74, 6) is 0. The van der Waals surface area contributed by atoms with Crippen LogP contribution in [0.25, 0.3) is 219 Å². The number of thiophene rings is 1. The Morgan fingerprint density at radius 1 is 0.197 bits per heavy atom. The second kappa shape index (κ2) is 30.4. The summed E-state index contributed by atoms with van der Waals surface area (Å²) in [5, 5.41) is 19.3.